The molecule has 1 amide bonds. The van der Waals surface area contributed by atoms with Gasteiger partial charge in [0.05, 0.1) is 18.3 Å². The number of carbonyl (C=O) groups is 3. The fraction of sp³-hybridized carbons (Fsp3) is 0.619. The molecule has 0 unspecified atom stereocenters. The zero-order valence-corrected chi connectivity index (χ0v) is 20.3. The Morgan fingerprint density at radius 2 is 1.55 bits per heavy atom. The third kappa shape index (κ3) is 9.91. The predicted molar refractivity (Wildman–Crippen MR) is 116 cm³/mol. The van der Waals surface area contributed by atoms with Crippen LogP contribution >= 0.6 is 11.8 Å². The fourth-order valence-corrected chi connectivity index (χ4v) is 3.30. The van der Waals surface area contributed by atoms with Crippen molar-refractivity contribution in [1.29, 1.82) is 0 Å². The second-order valence-corrected chi connectivity index (χ2v) is 10.9. The van der Waals surface area contributed by atoms with E-state index in [0.717, 1.165) is 0 Å². The van der Waals surface area contributed by atoms with Crippen LogP contribution in [0, 0.1) is 0 Å². The normalized spacial score (nSPS) is 13.1. The van der Waals surface area contributed by atoms with Crippen molar-refractivity contribution >= 4 is 30.0 Å². The molecule has 0 saturated heterocycles. The predicted octanol–water partition coefficient (Wildman–Crippen LogP) is 4.33. The Hall–Kier alpha value is -2.49. The molecule has 1 heterocycles. The first-order valence-corrected chi connectivity index (χ1v) is 10.5. The van der Waals surface area contributed by atoms with Gasteiger partial charge < -0.3 is 24.3 Å². The van der Waals surface area contributed by atoms with Gasteiger partial charge in [-0.05, 0) is 67.5 Å². The first kappa shape index (κ1) is 26.5. The minimum absolute atomic E-state index is 0.216. The van der Waals surface area contributed by atoms with E-state index in [2.05, 4.69) is 10.3 Å². The lowest BCUT2D eigenvalue weighted by Crippen LogP contribution is -2.54. The van der Waals surface area contributed by atoms with Gasteiger partial charge in [-0.1, -0.05) is 11.8 Å². The standard InChI is InChI=1S/C21H32N2O7S/c1-19(2,3)29-17(25)23-15(16(24)27-9)21(7,8)31-14-11-10-13(12-22-14)28-18(26)30-20(4,5)6/h10-12,15H,1-9H3,(H,23,25)/t15-/m1/s1. The largest absolute Gasteiger partial charge is 0.514 e. The maximum absolute atomic E-state index is 12.3. The summed E-state index contributed by atoms with van der Waals surface area (Å²) in [6, 6.07) is 2.19. The van der Waals surface area contributed by atoms with E-state index >= 15 is 0 Å². The number of pyridine rings is 1. The van der Waals surface area contributed by atoms with Crippen molar-refractivity contribution in [2.75, 3.05) is 7.11 Å². The number of hydrogen-bond donors (Lipinski definition) is 1. The Bertz CT molecular complexity index is 780. The third-order valence-electron chi connectivity index (χ3n) is 3.46. The number of nitrogens with zero attached hydrogens (tertiary/aromatic N) is 1. The van der Waals surface area contributed by atoms with Crippen molar-refractivity contribution < 1.29 is 33.3 Å². The highest BCUT2D eigenvalue weighted by Crippen LogP contribution is 2.35. The van der Waals surface area contributed by atoms with Gasteiger partial charge in [-0.25, -0.2) is 19.4 Å². The number of esters is 1. The Balaban J connectivity index is 2.89. The number of rotatable bonds is 6. The lowest BCUT2D eigenvalue weighted by Gasteiger charge is -2.32. The second kappa shape index (κ2) is 10.2. The van der Waals surface area contributed by atoms with Crippen molar-refractivity contribution in [3.05, 3.63) is 18.3 Å². The monoisotopic (exact) mass is 456 g/mol. The van der Waals surface area contributed by atoms with Crippen LogP contribution in [-0.2, 0) is 19.0 Å². The van der Waals surface area contributed by atoms with Crippen LogP contribution in [0.1, 0.15) is 55.4 Å². The van der Waals surface area contributed by atoms with Crippen LogP contribution in [0.3, 0.4) is 0 Å². The molecular weight excluding hydrogens is 424 g/mol. The topological polar surface area (TPSA) is 113 Å². The van der Waals surface area contributed by atoms with Crippen molar-refractivity contribution in [1.82, 2.24) is 10.3 Å². The summed E-state index contributed by atoms with van der Waals surface area (Å²) in [5.41, 5.74) is -1.39. The van der Waals surface area contributed by atoms with Crippen molar-refractivity contribution in [3.8, 4) is 5.75 Å². The number of thioether (sulfide) groups is 1. The average molecular weight is 457 g/mol. The van der Waals surface area contributed by atoms with Crippen molar-refractivity contribution in [3.63, 3.8) is 0 Å². The molecule has 174 valence electrons. The molecule has 1 aromatic rings. The molecule has 31 heavy (non-hydrogen) atoms. The molecule has 0 radical (unpaired) electrons. The van der Waals surface area contributed by atoms with Crippen molar-refractivity contribution in [2.24, 2.45) is 0 Å². The summed E-state index contributed by atoms with van der Waals surface area (Å²) in [5.74, 6) is -0.402. The Labute approximate surface area is 187 Å². The van der Waals surface area contributed by atoms with Crippen LogP contribution in [0.5, 0.6) is 5.75 Å². The van der Waals surface area contributed by atoms with E-state index in [4.69, 9.17) is 18.9 Å². The molecule has 0 spiro atoms. The molecule has 1 N–H and O–H groups in total. The molecule has 0 aliphatic carbocycles. The highest BCUT2D eigenvalue weighted by Gasteiger charge is 2.39. The molecular formula is C21H32N2O7S. The summed E-state index contributed by atoms with van der Waals surface area (Å²) in [6.45, 7) is 13.9. The molecule has 1 aromatic heterocycles. The van der Waals surface area contributed by atoms with Crippen LogP contribution in [0.15, 0.2) is 23.4 Å². The van der Waals surface area contributed by atoms with Gasteiger partial charge in [0.25, 0.3) is 0 Å². The van der Waals surface area contributed by atoms with E-state index in [1.807, 2.05) is 0 Å². The highest BCUT2D eigenvalue weighted by molar-refractivity contribution is 8.00. The fourth-order valence-electron chi connectivity index (χ4n) is 2.24. The molecule has 0 fully saturated rings. The van der Waals surface area contributed by atoms with Gasteiger partial charge in [0, 0.05) is 4.75 Å². The van der Waals surface area contributed by atoms with Gasteiger partial charge in [-0.2, -0.15) is 0 Å². The third-order valence-corrected chi connectivity index (χ3v) is 4.67. The number of carbonyl (C=O) groups excluding carboxylic acids is 3. The number of ether oxygens (including phenoxy) is 4. The van der Waals surface area contributed by atoms with Crippen LogP contribution < -0.4 is 10.1 Å². The van der Waals surface area contributed by atoms with Crippen LogP contribution in [0.4, 0.5) is 9.59 Å². The molecule has 0 saturated carbocycles. The first-order valence-electron chi connectivity index (χ1n) is 9.65. The second-order valence-electron chi connectivity index (χ2n) is 9.21. The average Bonchev–Trinajstić information content (AvgIpc) is 2.57. The molecule has 10 heteroatoms. The van der Waals surface area contributed by atoms with Gasteiger partial charge in [0.15, 0.2) is 5.75 Å². The van der Waals surface area contributed by atoms with E-state index in [-0.39, 0.29) is 5.75 Å². The molecule has 0 aromatic carbocycles. The SMILES string of the molecule is COC(=O)[C@@H](NC(=O)OC(C)(C)C)C(C)(C)Sc1ccc(OC(=O)OC(C)(C)C)cn1. The number of aromatic nitrogens is 1. The quantitative estimate of drug-likeness (QED) is 0.379. The van der Waals surface area contributed by atoms with E-state index < -0.39 is 40.2 Å². The summed E-state index contributed by atoms with van der Waals surface area (Å²) in [4.78, 5) is 40.6. The number of alkyl carbamates (subject to hydrolysis) is 1. The summed E-state index contributed by atoms with van der Waals surface area (Å²) in [7, 11) is 1.24. The van der Waals surface area contributed by atoms with Gasteiger partial charge in [0.2, 0.25) is 0 Å². The van der Waals surface area contributed by atoms with Gasteiger partial charge in [0.1, 0.15) is 17.2 Å². The Morgan fingerprint density at radius 1 is 0.968 bits per heavy atom. The molecule has 1 rings (SSSR count). The zero-order chi connectivity index (χ0) is 24.0. The lowest BCUT2D eigenvalue weighted by atomic mass is 10.0. The molecule has 9 nitrogen and oxygen atoms in total. The highest BCUT2D eigenvalue weighted by atomic mass is 32.2. The van der Waals surface area contributed by atoms with E-state index in [9.17, 15) is 14.4 Å². The number of methoxy groups -OCH3 is 1. The molecule has 0 aliphatic heterocycles. The molecule has 0 bridgehead atoms. The van der Waals surface area contributed by atoms with E-state index in [0.29, 0.717) is 5.03 Å². The summed E-state index contributed by atoms with van der Waals surface area (Å²) in [6.07, 6.45) is -0.190. The summed E-state index contributed by atoms with van der Waals surface area (Å²) < 4.78 is 19.5. The lowest BCUT2D eigenvalue weighted by molar-refractivity contribution is -0.143. The minimum Gasteiger partial charge on any atom is -0.467 e. The molecule has 0 aliphatic rings. The van der Waals surface area contributed by atoms with Gasteiger partial charge in [-0.3, -0.25) is 0 Å². The minimum atomic E-state index is -1.00. The number of nitrogens with one attached hydrogen (secondary N) is 1. The smallest absolute Gasteiger partial charge is 0.467 e. The van der Waals surface area contributed by atoms with Gasteiger partial charge in [-0.15, -0.1) is 0 Å². The van der Waals surface area contributed by atoms with Gasteiger partial charge >= 0.3 is 18.2 Å². The van der Waals surface area contributed by atoms with Crippen LogP contribution in [0.25, 0.3) is 0 Å². The first-order chi connectivity index (χ1) is 14.0. The maximum atomic E-state index is 12.3. The van der Waals surface area contributed by atoms with Crippen molar-refractivity contribution in [2.45, 2.75) is 82.4 Å². The zero-order valence-electron chi connectivity index (χ0n) is 19.5. The summed E-state index contributed by atoms with van der Waals surface area (Å²) >= 11 is 1.24. The maximum Gasteiger partial charge on any atom is 0.514 e. The number of amides is 1. The van der Waals surface area contributed by atoms with E-state index in [1.54, 1.807) is 67.5 Å². The Morgan fingerprint density at radius 3 is 2.00 bits per heavy atom. The molecule has 1 atom stereocenters. The number of hydrogen-bond acceptors (Lipinski definition) is 9. The van der Waals surface area contributed by atoms with Crippen LogP contribution in [-0.4, -0.2) is 52.3 Å². The van der Waals surface area contributed by atoms with Crippen LogP contribution in [0.2, 0.25) is 0 Å². The summed E-state index contributed by atoms with van der Waals surface area (Å²) in [5, 5.41) is 3.12. The Kier molecular flexibility index (Phi) is 8.74. The van der Waals surface area contributed by atoms with E-state index in [1.165, 1.54) is 25.1 Å².